The fourth-order valence-electron chi connectivity index (χ4n) is 2.30. The lowest BCUT2D eigenvalue weighted by atomic mass is 10.0. The molecule has 1 atom stereocenters. The van der Waals surface area contributed by atoms with Gasteiger partial charge in [0.05, 0.1) is 0 Å². The molecule has 0 radical (unpaired) electrons. The molecule has 1 aromatic rings. The number of phenolic OH excluding ortho intramolecular Hbond substituents is 1. The molecule has 2 rings (SSSR count). The van der Waals surface area contributed by atoms with Crippen molar-refractivity contribution in [1.29, 1.82) is 0 Å². The van der Waals surface area contributed by atoms with Gasteiger partial charge in [-0.1, -0.05) is 6.07 Å². The number of hydrogen-bond acceptors (Lipinski definition) is 3. The molecule has 1 aliphatic heterocycles. The van der Waals surface area contributed by atoms with Crippen LogP contribution >= 0.6 is 0 Å². The standard InChI is InChI=1S/C13H14FNO4/c14-8-4-3-6-10(16)11(8)12(17)15-7-2-1-5-9(15)13(18)19/h3-4,6,9,16H,1-2,5,7H2,(H,18,19)/t9-/m1/s1. The van der Waals surface area contributed by atoms with Crippen molar-refractivity contribution in [3.05, 3.63) is 29.6 Å². The van der Waals surface area contributed by atoms with Crippen molar-refractivity contribution in [3.8, 4) is 5.75 Å². The van der Waals surface area contributed by atoms with Crippen molar-refractivity contribution < 1.29 is 24.2 Å². The second-order valence-electron chi connectivity index (χ2n) is 4.48. The second-order valence-corrected chi connectivity index (χ2v) is 4.48. The highest BCUT2D eigenvalue weighted by Crippen LogP contribution is 2.26. The maximum Gasteiger partial charge on any atom is 0.326 e. The van der Waals surface area contributed by atoms with Crippen LogP contribution in [0.15, 0.2) is 18.2 Å². The van der Waals surface area contributed by atoms with Gasteiger partial charge in [-0.3, -0.25) is 4.79 Å². The number of amides is 1. The van der Waals surface area contributed by atoms with Gasteiger partial charge in [0, 0.05) is 6.54 Å². The first-order valence-electron chi connectivity index (χ1n) is 6.03. The topological polar surface area (TPSA) is 77.8 Å². The first-order valence-corrected chi connectivity index (χ1v) is 6.03. The first-order chi connectivity index (χ1) is 9.02. The van der Waals surface area contributed by atoms with Crippen molar-refractivity contribution in [2.75, 3.05) is 6.54 Å². The summed E-state index contributed by atoms with van der Waals surface area (Å²) in [7, 11) is 0. The molecule has 0 aromatic heterocycles. The van der Waals surface area contributed by atoms with Crippen molar-refractivity contribution >= 4 is 11.9 Å². The minimum absolute atomic E-state index is 0.254. The van der Waals surface area contributed by atoms with Crippen LogP contribution in [0.5, 0.6) is 5.75 Å². The molecule has 1 amide bonds. The lowest BCUT2D eigenvalue weighted by molar-refractivity contribution is -0.143. The smallest absolute Gasteiger partial charge is 0.326 e. The molecule has 1 heterocycles. The largest absolute Gasteiger partial charge is 0.507 e. The third-order valence-electron chi connectivity index (χ3n) is 3.25. The Morgan fingerprint density at radius 2 is 2.05 bits per heavy atom. The predicted molar refractivity (Wildman–Crippen MR) is 64.4 cm³/mol. The molecule has 1 aromatic carbocycles. The van der Waals surface area contributed by atoms with E-state index in [4.69, 9.17) is 5.11 Å². The molecule has 6 heteroatoms. The Balaban J connectivity index is 2.34. The number of aromatic hydroxyl groups is 1. The number of likely N-dealkylation sites (tertiary alicyclic amines) is 1. The summed E-state index contributed by atoms with van der Waals surface area (Å²) in [5, 5.41) is 18.7. The van der Waals surface area contributed by atoms with Crippen LogP contribution in [0.3, 0.4) is 0 Å². The van der Waals surface area contributed by atoms with Gasteiger partial charge in [0.2, 0.25) is 0 Å². The van der Waals surface area contributed by atoms with E-state index < -0.39 is 35.0 Å². The number of carboxylic acid groups (broad SMARTS) is 1. The van der Waals surface area contributed by atoms with Gasteiger partial charge < -0.3 is 15.1 Å². The van der Waals surface area contributed by atoms with Crippen LogP contribution < -0.4 is 0 Å². The molecule has 5 nitrogen and oxygen atoms in total. The molecule has 0 bridgehead atoms. The van der Waals surface area contributed by atoms with Crippen LogP contribution in [0.2, 0.25) is 0 Å². The van der Waals surface area contributed by atoms with E-state index in [1.165, 1.54) is 12.1 Å². The van der Waals surface area contributed by atoms with Gasteiger partial charge in [-0.05, 0) is 31.4 Å². The van der Waals surface area contributed by atoms with Crippen LogP contribution in [0, 0.1) is 5.82 Å². The zero-order chi connectivity index (χ0) is 14.0. The molecule has 0 unspecified atom stereocenters. The molecule has 0 aliphatic carbocycles. The van der Waals surface area contributed by atoms with Gasteiger partial charge in [0.15, 0.2) is 0 Å². The number of hydrogen-bond donors (Lipinski definition) is 2. The summed E-state index contributed by atoms with van der Waals surface area (Å²) >= 11 is 0. The second kappa shape index (κ2) is 5.26. The highest BCUT2D eigenvalue weighted by Gasteiger charge is 2.34. The number of carbonyl (C=O) groups is 2. The van der Waals surface area contributed by atoms with Gasteiger partial charge in [-0.15, -0.1) is 0 Å². The Morgan fingerprint density at radius 1 is 1.32 bits per heavy atom. The Morgan fingerprint density at radius 3 is 2.68 bits per heavy atom. The summed E-state index contributed by atoms with van der Waals surface area (Å²) in [5.41, 5.74) is -0.462. The number of carbonyl (C=O) groups excluding carboxylic acids is 1. The highest BCUT2D eigenvalue weighted by molar-refractivity contribution is 5.99. The van der Waals surface area contributed by atoms with Gasteiger partial charge >= 0.3 is 5.97 Å². The van der Waals surface area contributed by atoms with Crippen molar-refractivity contribution in [1.82, 2.24) is 4.90 Å². The zero-order valence-corrected chi connectivity index (χ0v) is 10.2. The van der Waals surface area contributed by atoms with E-state index in [0.29, 0.717) is 19.3 Å². The maximum absolute atomic E-state index is 13.6. The van der Waals surface area contributed by atoms with E-state index in [1.54, 1.807) is 0 Å². The molecule has 1 saturated heterocycles. The summed E-state index contributed by atoms with van der Waals surface area (Å²) in [4.78, 5) is 24.5. The highest BCUT2D eigenvalue weighted by atomic mass is 19.1. The monoisotopic (exact) mass is 267 g/mol. The molecule has 0 saturated carbocycles. The van der Waals surface area contributed by atoms with E-state index in [2.05, 4.69) is 0 Å². The van der Waals surface area contributed by atoms with Crippen LogP contribution in [-0.2, 0) is 4.79 Å². The average Bonchev–Trinajstić information content (AvgIpc) is 2.38. The molecule has 1 fully saturated rings. The molecular formula is C13H14FNO4. The minimum Gasteiger partial charge on any atom is -0.507 e. The Kier molecular flexibility index (Phi) is 3.69. The van der Waals surface area contributed by atoms with Crippen LogP contribution in [0.4, 0.5) is 4.39 Å². The Labute approximate surface area is 109 Å². The fourth-order valence-corrected chi connectivity index (χ4v) is 2.30. The molecule has 2 N–H and O–H groups in total. The molecule has 19 heavy (non-hydrogen) atoms. The van der Waals surface area contributed by atoms with Crippen LogP contribution in [0.25, 0.3) is 0 Å². The lowest BCUT2D eigenvalue weighted by Gasteiger charge is -2.33. The number of aliphatic carboxylic acids is 1. The quantitative estimate of drug-likeness (QED) is 0.853. The van der Waals surface area contributed by atoms with E-state index in [-0.39, 0.29) is 6.54 Å². The number of nitrogens with zero attached hydrogens (tertiary/aromatic N) is 1. The third-order valence-corrected chi connectivity index (χ3v) is 3.25. The van der Waals surface area contributed by atoms with E-state index in [9.17, 15) is 19.1 Å². The zero-order valence-electron chi connectivity index (χ0n) is 10.2. The molecule has 102 valence electrons. The third kappa shape index (κ3) is 2.52. The lowest BCUT2D eigenvalue weighted by Crippen LogP contribution is -2.48. The predicted octanol–water partition coefficient (Wildman–Crippen LogP) is 1.61. The number of piperidine rings is 1. The number of rotatable bonds is 2. The van der Waals surface area contributed by atoms with Crippen LogP contribution in [-0.4, -0.2) is 39.6 Å². The molecular weight excluding hydrogens is 253 g/mol. The summed E-state index contributed by atoms with van der Waals surface area (Å²) < 4.78 is 13.6. The molecule has 0 spiro atoms. The molecule has 1 aliphatic rings. The van der Waals surface area contributed by atoms with Crippen molar-refractivity contribution in [3.63, 3.8) is 0 Å². The van der Waals surface area contributed by atoms with Crippen LogP contribution in [0.1, 0.15) is 29.6 Å². The number of phenols is 1. The van der Waals surface area contributed by atoms with Gasteiger partial charge in [0.25, 0.3) is 5.91 Å². The number of carboxylic acids is 1. The van der Waals surface area contributed by atoms with Gasteiger partial charge in [-0.25, -0.2) is 9.18 Å². The van der Waals surface area contributed by atoms with E-state index in [0.717, 1.165) is 11.0 Å². The summed E-state index contributed by atoms with van der Waals surface area (Å²) in [6.07, 6.45) is 1.73. The van der Waals surface area contributed by atoms with Crippen molar-refractivity contribution in [2.45, 2.75) is 25.3 Å². The van der Waals surface area contributed by atoms with Gasteiger partial charge in [0.1, 0.15) is 23.2 Å². The maximum atomic E-state index is 13.6. The van der Waals surface area contributed by atoms with E-state index in [1.807, 2.05) is 0 Å². The SMILES string of the molecule is O=C(O)[C@H]1CCCCN1C(=O)c1c(O)cccc1F. The van der Waals surface area contributed by atoms with Gasteiger partial charge in [-0.2, -0.15) is 0 Å². The average molecular weight is 267 g/mol. The summed E-state index contributed by atoms with van der Waals surface area (Å²) in [6, 6.07) is 2.59. The first kappa shape index (κ1) is 13.3. The van der Waals surface area contributed by atoms with E-state index >= 15 is 0 Å². The summed E-state index contributed by atoms with van der Waals surface area (Å²) in [6.45, 7) is 0.254. The Hall–Kier alpha value is -2.11. The minimum atomic E-state index is -1.11. The van der Waals surface area contributed by atoms with Crippen molar-refractivity contribution in [2.24, 2.45) is 0 Å². The Bertz CT molecular complexity index is 497. The normalized spacial score (nSPS) is 19.2. The number of benzene rings is 1. The fraction of sp³-hybridized carbons (Fsp3) is 0.385. The summed E-state index contributed by atoms with van der Waals surface area (Å²) in [5.74, 6) is -3.20. The number of halogens is 1.